The minimum Gasteiger partial charge on any atom is -0.0654 e. The number of hydrogen-bond donors (Lipinski definition) is 0. The number of rotatable bonds is 14. The Morgan fingerprint density at radius 3 is 1.44 bits per heavy atom. The van der Waals surface area contributed by atoms with Gasteiger partial charge >= 0.3 is 0 Å². The fourth-order valence-corrected chi connectivity index (χ4v) is 8.13. The summed E-state index contributed by atoms with van der Waals surface area (Å²) in [6.07, 6.45) is 36.7. The molecule has 0 heterocycles. The lowest BCUT2D eigenvalue weighted by atomic mass is 9.64. The monoisotopic (exact) mass is 444 g/mol. The average molecular weight is 445 g/mol. The maximum atomic E-state index is 2.34. The van der Waals surface area contributed by atoms with Crippen LogP contribution in [0, 0.1) is 35.5 Å². The van der Waals surface area contributed by atoms with E-state index < -0.39 is 0 Å². The van der Waals surface area contributed by atoms with Crippen LogP contribution < -0.4 is 0 Å². The van der Waals surface area contributed by atoms with Gasteiger partial charge in [-0.2, -0.15) is 0 Å². The Hall–Kier alpha value is 0. The maximum Gasteiger partial charge on any atom is -0.0383 e. The van der Waals surface area contributed by atoms with Gasteiger partial charge in [0.15, 0.2) is 0 Å². The lowest BCUT2D eigenvalue weighted by molar-refractivity contribution is 0.0980. The van der Waals surface area contributed by atoms with Gasteiger partial charge in [-0.3, -0.25) is 0 Å². The van der Waals surface area contributed by atoms with Crippen LogP contribution in [-0.4, -0.2) is 0 Å². The molecule has 3 saturated carbocycles. The van der Waals surface area contributed by atoms with Crippen molar-refractivity contribution in [2.45, 2.75) is 168 Å². The second-order valence-electron chi connectivity index (χ2n) is 12.7. The molecule has 0 aromatic heterocycles. The summed E-state index contributed by atoms with van der Waals surface area (Å²) in [5.41, 5.74) is 0. The molecule has 188 valence electrons. The molecule has 0 N–H and O–H groups in total. The first-order valence-electron chi connectivity index (χ1n) is 15.8. The molecule has 3 rings (SSSR count). The molecular formula is C32H60. The summed E-state index contributed by atoms with van der Waals surface area (Å²) in [4.78, 5) is 0. The topological polar surface area (TPSA) is 0 Å². The Bertz CT molecular complexity index is 437. The Balaban J connectivity index is 1.27. The van der Waals surface area contributed by atoms with Gasteiger partial charge in [0.25, 0.3) is 0 Å². The third-order valence-corrected chi connectivity index (χ3v) is 10.3. The molecule has 0 unspecified atom stereocenters. The summed E-state index contributed by atoms with van der Waals surface area (Å²) in [5, 5.41) is 0. The third kappa shape index (κ3) is 9.33. The summed E-state index contributed by atoms with van der Waals surface area (Å²) in [6, 6.07) is 0. The van der Waals surface area contributed by atoms with Crippen molar-refractivity contribution >= 4 is 0 Å². The van der Waals surface area contributed by atoms with Crippen molar-refractivity contribution in [2.75, 3.05) is 0 Å². The molecule has 3 aliphatic carbocycles. The van der Waals surface area contributed by atoms with Crippen molar-refractivity contribution in [3.8, 4) is 0 Å². The van der Waals surface area contributed by atoms with Gasteiger partial charge < -0.3 is 0 Å². The molecule has 0 bridgehead atoms. The Kier molecular flexibility index (Phi) is 13.1. The first kappa shape index (κ1) is 26.6. The second kappa shape index (κ2) is 15.8. The standard InChI is InChI=1S/C32H60/c1-3-5-7-9-11-14-27-18-20-29(21-19-27)30-22-24-31(25-23-30)32-17-13-16-28(26-32)15-12-10-8-6-4-2/h27-32H,3-26H2,1-2H3/t27-,28-,29-,30?,31?,32+/m0/s1. The van der Waals surface area contributed by atoms with E-state index in [2.05, 4.69) is 13.8 Å². The van der Waals surface area contributed by atoms with Crippen molar-refractivity contribution in [2.24, 2.45) is 35.5 Å². The molecule has 3 fully saturated rings. The van der Waals surface area contributed by atoms with Crippen LogP contribution in [0.25, 0.3) is 0 Å². The Labute approximate surface area is 203 Å². The third-order valence-electron chi connectivity index (χ3n) is 10.3. The molecule has 2 atom stereocenters. The summed E-state index contributed by atoms with van der Waals surface area (Å²) in [7, 11) is 0. The molecule has 0 aromatic rings. The van der Waals surface area contributed by atoms with E-state index in [0.717, 1.165) is 35.5 Å². The lowest BCUT2D eigenvalue weighted by Crippen LogP contribution is -2.30. The van der Waals surface area contributed by atoms with Crippen molar-refractivity contribution in [3.63, 3.8) is 0 Å². The predicted molar refractivity (Wildman–Crippen MR) is 143 cm³/mol. The Morgan fingerprint density at radius 2 is 0.875 bits per heavy atom. The highest BCUT2D eigenvalue weighted by Crippen LogP contribution is 2.47. The van der Waals surface area contributed by atoms with E-state index in [0.29, 0.717) is 0 Å². The molecule has 0 saturated heterocycles. The van der Waals surface area contributed by atoms with Crippen LogP contribution >= 0.6 is 0 Å². The summed E-state index contributed by atoms with van der Waals surface area (Å²) in [5.74, 6) is 6.60. The fourth-order valence-electron chi connectivity index (χ4n) is 8.13. The number of unbranched alkanes of at least 4 members (excludes halogenated alkanes) is 8. The quantitative estimate of drug-likeness (QED) is 0.234. The summed E-state index contributed by atoms with van der Waals surface area (Å²) >= 11 is 0. The highest BCUT2D eigenvalue weighted by atomic mass is 14.4. The van der Waals surface area contributed by atoms with Gasteiger partial charge in [-0.25, -0.2) is 0 Å². The van der Waals surface area contributed by atoms with E-state index in [1.807, 2.05) is 0 Å². The van der Waals surface area contributed by atoms with E-state index >= 15 is 0 Å². The van der Waals surface area contributed by atoms with Crippen LogP contribution in [-0.2, 0) is 0 Å². The van der Waals surface area contributed by atoms with Crippen molar-refractivity contribution < 1.29 is 0 Å². The molecule has 0 aromatic carbocycles. The normalized spacial score (nSPS) is 33.9. The maximum absolute atomic E-state index is 2.34. The zero-order valence-corrected chi connectivity index (χ0v) is 22.4. The number of hydrogen-bond acceptors (Lipinski definition) is 0. The minimum absolute atomic E-state index is 1.09. The van der Waals surface area contributed by atoms with Crippen LogP contribution in [0.15, 0.2) is 0 Å². The molecule has 0 aliphatic heterocycles. The SMILES string of the molecule is CCCCCCC[C@H]1CCC[C@@H](C2CCC([C@H]3CC[C@H](CCCCCCC)CC3)CC2)C1. The van der Waals surface area contributed by atoms with E-state index in [9.17, 15) is 0 Å². The van der Waals surface area contributed by atoms with Gasteiger partial charge in [0.05, 0.1) is 0 Å². The lowest BCUT2D eigenvalue weighted by Gasteiger charge is -2.42. The molecule has 0 nitrogen and oxygen atoms in total. The van der Waals surface area contributed by atoms with Crippen LogP contribution in [0.3, 0.4) is 0 Å². The molecular weight excluding hydrogens is 384 g/mol. The van der Waals surface area contributed by atoms with Crippen LogP contribution in [0.1, 0.15) is 168 Å². The first-order valence-corrected chi connectivity index (χ1v) is 15.8. The largest absolute Gasteiger partial charge is 0.0654 e. The van der Waals surface area contributed by atoms with E-state index in [-0.39, 0.29) is 0 Å². The van der Waals surface area contributed by atoms with Crippen LogP contribution in [0.5, 0.6) is 0 Å². The Morgan fingerprint density at radius 1 is 0.406 bits per heavy atom. The molecule has 0 spiro atoms. The van der Waals surface area contributed by atoms with E-state index in [4.69, 9.17) is 0 Å². The van der Waals surface area contributed by atoms with Gasteiger partial charge in [-0.1, -0.05) is 123 Å². The average Bonchev–Trinajstić information content (AvgIpc) is 2.84. The summed E-state index contributed by atoms with van der Waals surface area (Å²) in [6.45, 7) is 4.67. The van der Waals surface area contributed by atoms with Gasteiger partial charge in [-0.05, 0) is 80.5 Å². The first-order chi connectivity index (χ1) is 15.8. The van der Waals surface area contributed by atoms with Gasteiger partial charge in [0, 0.05) is 0 Å². The van der Waals surface area contributed by atoms with Crippen molar-refractivity contribution in [3.05, 3.63) is 0 Å². The van der Waals surface area contributed by atoms with Gasteiger partial charge in [0.1, 0.15) is 0 Å². The molecule has 0 heteroatoms. The highest BCUT2D eigenvalue weighted by Gasteiger charge is 2.34. The van der Waals surface area contributed by atoms with Gasteiger partial charge in [0.2, 0.25) is 0 Å². The molecule has 0 radical (unpaired) electrons. The zero-order chi connectivity index (χ0) is 22.4. The zero-order valence-electron chi connectivity index (χ0n) is 22.4. The second-order valence-corrected chi connectivity index (χ2v) is 12.7. The van der Waals surface area contributed by atoms with E-state index in [1.165, 1.54) is 64.2 Å². The molecule has 0 amide bonds. The summed E-state index contributed by atoms with van der Waals surface area (Å²) < 4.78 is 0. The highest BCUT2D eigenvalue weighted by molar-refractivity contribution is 4.86. The van der Waals surface area contributed by atoms with Crippen molar-refractivity contribution in [1.29, 1.82) is 0 Å². The smallest absolute Gasteiger partial charge is 0.0383 e. The van der Waals surface area contributed by atoms with Crippen LogP contribution in [0.2, 0.25) is 0 Å². The predicted octanol–water partition coefficient (Wildman–Crippen LogP) is 11.1. The molecule has 32 heavy (non-hydrogen) atoms. The van der Waals surface area contributed by atoms with Crippen LogP contribution in [0.4, 0.5) is 0 Å². The molecule has 3 aliphatic rings. The minimum atomic E-state index is 1.09. The van der Waals surface area contributed by atoms with E-state index in [1.54, 1.807) is 89.9 Å². The van der Waals surface area contributed by atoms with Gasteiger partial charge in [-0.15, -0.1) is 0 Å². The van der Waals surface area contributed by atoms with Crippen molar-refractivity contribution in [1.82, 2.24) is 0 Å². The fraction of sp³-hybridized carbons (Fsp3) is 1.00.